The van der Waals surface area contributed by atoms with E-state index in [1.807, 2.05) is 18.7 Å². The van der Waals surface area contributed by atoms with Crippen LogP contribution in [-0.2, 0) is 11.2 Å². The summed E-state index contributed by atoms with van der Waals surface area (Å²) in [7, 11) is 0. The summed E-state index contributed by atoms with van der Waals surface area (Å²) >= 11 is 0. The molecule has 2 aromatic rings. The summed E-state index contributed by atoms with van der Waals surface area (Å²) in [6.07, 6.45) is 3.70. The molecule has 0 spiro atoms. The Labute approximate surface area is 153 Å². The zero-order valence-corrected chi connectivity index (χ0v) is 16.0. The number of piperidine rings is 1. The molecule has 2 amide bonds. The zero-order valence-electron chi connectivity index (χ0n) is 16.0. The van der Waals surface area contributed by atoms with Crippen LogP contribution in [0.4, 0.5) is 0 Å². The van der Waals surface area contributed by atoms with Crippen molar-refractivity contribution in [1.29, 1.82) is 0 Å². The van der Waals surface area contributed by atoms with Crippen molar-refractivity contribution in [2.75, 3.05) is 13.1 Å². The molecule has 2 aromatic heterocycles. The number of primary amides is 1. The van der Waals surface area contributed by atoms with Gasteiger partial charge in [-0.05, 0) is 44.1 Å². The minimum absolute atomic E-state index is 0.195. The van der Waals surface area contributed by atoms with Crippen molar-refractivity contribution in [3.63, 3.8) is 0 Å². The number of nitrogens with two attached hydrogens (primary N) is 1. The Balaban J connectivity index is 1.79. The number of fused-ring (bicyclic) bond motifs is 1. The van der Waals surface area contributed by atoms with Gasteiger partial charge in [0.15, 0.2) is 5.65 Å². The molecule has 2 atom stereocenters. The fourth-order valence-corrected chi connectivity index (χ4v) is 4.10. The predicted molar refractivity (Wildman–Crippen MR) is 98.8 cm³/mol. The maximum atomic E-state index is 12.7. The van der Waals surface area contributed by atoms with Crippen molar-refractivity contribution < 1.29 is 9.59 Å². The first kappa shape index (κ1) is 18.4. The fraction of sp³-hybridized carbons (Fsp3) is 0.579. The summed E-state index contributed by atoms with van der Waals surface area (Å²) in [6.45, 7) is 9.94. The molecule has 0 aromatic carbocycles. The molecule has 7 heteroatoms. The van der Waals surface area contributed by atoms with Gasteiger partial charge in [-0.3, -0.25) is 9.59 Å². The van der Waals surface area contributed by atoms with E-state index in [9.17, 15) is 9.59 Å². The average Bonchev–Trinajstić information content (AvgIpc) is 2.97. The lowest BCUT2D eigenvalue weighted by Gasteiger charge is -2.35. The van der Waals surface area contributed by atoms with E-state index >= 15 is 0 Å². The maximum absolute atomic E-state index is 12.7. The summed E-state index contributed by atoms with van der Waals surface area (Å²) in [5.74, 6) is 0.768. The number of carbonyl (C=O) groups excluding carboxylic acids is 2. The molecule has 140 valence electrons. The van der Waals surface area contributed by atoms with E-state index in [0.717, 1.165) is 30.0 Å². The standard InChI is InChI=1S/C19H27N5O2/c1-11-7-12(2)10-23(9-11)17(25)6-5-15-13(3)22-19-16(18(20)26)8-21-24(19)14(15)4/h8,11-12H,5-7,9-10H2,1-4H3,(H2,20,26). The van der Waals surface area contributed by atoms with Crippen LogP contribution in [0, 0.1) is 25.7 Å². The molecule has 0 bridgehead atoms. The smallest absolute Gasteiger partial charge is 0.254 e. The Morgan fingerprint density at radius 1 is 1.23 bits per heavy atom. The number of carbonyl (C=O) groups is 2. The number of aromatic nitrogens is 3. The van der Waals surface area contributed by atoms with Gasteiger partial charge in [-0.25, -0.2) is 9.50 Å². The molecule has 7 nitrogen and oxygen atoms in total. The predicted octanol–water partition coefficient (Wildman–Crippen LogP) is 1.88. The van der Waals surface area contributed by atoms with Crippen LogP contribution in [0.2, 0.25) is 0 Å². The third-order valence-electron chi connectivity index (χ3n) is 5.28. The molecule has 0 saturated carbocycles. The Morgan fingerprint density at radius 3 is 2.50 bits per heavy atom. The van der Waals surface area contributed by atoms with Crippen LogP contribution in [0.3, 0.4) is 0 Å². The van der Waals surface area contributed by atoms with Crippen molar-refractivity contribution >= 4 is 17.5 Å². The first-order valence-electron chi connectivity index (χ1n) is 9.19. The van der Waals surface area contributed by atoms with E-state index in [4.69, 9.17) is 5.73 Å². The van der Waals surface area contributed by atoms with Gasteiger partial charge in [-0.1, -0.05) is 13.8 Å². The lowest BCUT2D eigenvalue weighted by atomic mass is 9.91. The number of hydrogen-bond donors (Lipinski definition) is 1. The van der Waals surface area contributed by atoms with E-state index in [1.165, 1.54) is 12.6 Å². The summed E-state index contributed by atoms with van der Waals surface area (Å²) in [5, 5.41) is 4.24. The second kappa shape index (κ2) is 7.05. The fourth-order valence-electron chi connectivity index (χ4n) is 4.10. The van der Waals surface area contributed by atoms with Gasteiger partial charge in [0.25, 0.3) is 5.91 Å². The second-order valence-corrected chi connectivity index (χ2v) is 7.66. The number of nitrogens with zero attached hydrogens (tertiary/aromatic N) is 4. The molecular formula is C19H27N5O2. The van der Waals surface area contributed by atoms with E-state index < -0.39 is 5.91 Å². The number of likely N-dealkylation sites (tertiary alicyclic amines) is 1. The molecule has 1 fully saturated rings. The summed E-state index contributed by atoms with van der Waals surface area (Å²) < 4.78 is 1.64. The topological polar surface area (TPSA) is 93.6 Å². The minimum atomic E-state index is -0.539. The van der Waals surface area contributed by atoms with Crippen molar-refractivity contribution in [3.05, 3.63) is 28.7 Å². The molecule has 0 aliphatic carbocycles. The van der Waals surface area contributed by atoms with Gasteiger partial charge >= 0.3 is 0 Å². The van der Waals surface area contributed by atoms with Crippen LogP contribution in [0.15, 0.2) is 6.20 Å². The first-order valence-corrected chi connectivity index (χ1v) is 9.19. The van der Waals surface area contributed by atoms with Crippen molar-refractivity contribution in [1.82, 2.24) is 19.5 Å². The van der Waals surface area contributed by atoms with Crippen LogP contribution in [-0.4, -0.2) is 44.4 Å². The lowest BCUT2D eigenvalue weighted by molar-refractivity contribution is -0.133. The summed E-state index contributed by atoms with van der Waals surface area (Å²) in [4.78, 5) is 30.7. The first-order chi connectivity index (χ1) is 12.3. The molecular weight excluding hydrogens is 330 g/mol. The third kappa shape index (κ3) is 3.43. The Morgan fingerprint density at radius 2 is 1.88 bits per heavy atom. The van der Waals surface area contributed by atoms with Gasteiger partial charge in [0.1, 0.15) is 5.56 Å². The summed E-state index contributed by atoms with van der Waals surface area (Å²) in [6, 6.07) is 0. The van der Waals surface area contributed by atoms with Gasteiger partial charge in [0.05, 0.1) is 6.20 Å². The summed E-state index contributed by atoms with van der Waals surface area (Å²) in [5.41, 5.74) is 8.88. The Bertz CT molecular complexity index is 847. The molecule has 2 unspecified atom stereocenters. The highest BCUT2D eigenvalue weighted by atomic mass is 16.2. The lowest BCUT2D eigenvalue weighted by Crippen LogP contribution is -2.42. The number of hydrogen-bond acceptors (Lipinski definition) is 4. The van der Waals surface area contributed by atoms with E-state index in [-0.39, 0.29) is 5.91 Å². The minimum Gasteiger partial charge on any atom is -0.365 e. The van der Waals surface area contributed by atoms with Gasteiger partial charge < -0.3 is 10.6 Å². The second-order valence-electron chi connectivity index (χ2n) is 7.66. The molecule has 2 N–H and O–H groups in total. The normalized spacial score (nSPS) is 20.5. The number of rotatable bonds is 4. The van der Waals surface area contributed by atoms with Crippen LogP contribution >= 0.6 is 0 Å². The van der Waals surface area contributed by atoms with Crippen molar-refractivity contribution in [2.24, 2.45) is 17.6 Å². The molecule has 0 radical (unpaired) electrons. The molecule has 1 saturated heterocycles. The SMILES string of the molecule is Cc1nc2c(C(N)=O)cnn2c(C)c1CCC(=O)N1CC(C)CC(C)C1. The highest BCUT2D eigenvalue weighted by Gasteiger charge is 2.25. The average molecular weight is 357 g/mol. The van der Waals surface area contributed by atoms with Gasteiger partial charge in [-0.2, -0.15) is 5.10 Å². The van der Waals surface area contributed by atoms with Crippen molar-refractivity contribution in [3.8, 4) is 0 Å². The van der Waals surface area contributed by atoms with Crippen LogP contribution in [0.1, 0.15) is 54.0 Å². The highest BCUT2D eigenvalue weighted by Crippen LogP contribution is 2.23. The van der Waals surface area contributed by atoms with Crippen LogP contribution in [0.5, 0.6) is 0 Å². The van der Waals surface area contributed by atoms with Crippen molar-refractivity contribution in [2.45, 2.75) is 47.0 Å². The Hall–Kier alpha value is -2.44. The van der Waals surface area contributed by atoms with Gasteiger partial charge in [-0.15, -0.1) is 0 Å². The molecule has 1 aliphatic rings. The highest BCUT2D eigenvalue weighted by molar-refractivity contribution is 5.98. The third-order valence-corrected chi connectivity index (χ3v) is 5.28. The zero-order chi connectivity index (χ0) is 19.0. The van der Waals surface area contributed by atoms with Crippen LogP contribution < -0.4 is 5.73 Å². The van der Waals surface area contributed by atoms with E-state index in [0.29, 0.717) is 35.9 Å². The molecule has 3 heterocycles. The van der Waals surface area contributed by atoms with E-state index in [2.05, 4.69) is 23.9 Å². The van der Waals surface area contributed by atoms with Crippen LogP contribution in [0.25, 0.3) is 5.65 Å². The molecule has 3 rings (SSSR count). The maximum Gasteiger partial charge on any atom is 0.254 e. The number of amides is 2. The largest absolute Gasteiger partial charge is 0.365 e. The quantitative estimate of drug-likeness (QED) is 0.904. The van der Waals surface area contributed by atoms with Gasteiger partial charge in [0.2, 0.25) is 5.91 Å². The number of aryl methyl sites for hydroxylation is 2. The Kier molecular flexibility index (Phi) is 4.98. The molecule has 1 aliphatic heterocycles. The van der Waals surface area contributed by atoms with Gasteiger partial charge in [0, 0.05) is 30.9 Å². The monoisotopic (exact) mass is 357 g/mol. The molecule has 26 heavy (non-hydrogen) atoms. The van der Waals surface area contributed by atoms with E-state index in [1.54, 1.807) is 4.52 Å².